The number of amides is 1. The molecule has 4 nitrogen and oxygen atoms in total. The van der Waals surface area contributed by atoms with Crippen molar-refractivity contribution >= 4 is 52.5 Å². The van der Waals surface area contributed by atoms with Gasteiger partial charge in [-0.15, -0.1) is 11.8 Å². The molecule has 2 aromatic rings. The zero-order valence-electron chi connectivity index (χ0n) is 11.9. The average molecular weight is 370 g/mol. The van der Waals surface area contributed by atoms with E-state index < -0.39 is 5.97 Å². The zero-order chi connectivity index (χ0) is 16.8. The van der Waals surface area contributed by atoms with E-state index in [0.29, 0.717) is 21.5 Å². The Balaban J connectivity index is 1.88. The first-order chi connectivity index (χ1) is 11.0. The van der Waals surface area contributed by atoms with E-state index in [1.165, 1.54) is 30.0 Å². The summed E-state index contributed by atoms with van der Waals surface area (Å²) in [5, 5.41) is 12.6. The van der Waals surface area contributed by atoms with Gasteiger partial charge in [-0.2, -0.15) is 0 Å². The van der Waals surface area contributed by atoms with Crippen LogP contribution < -0.4 is 5.32 Å². The normalized spacial score (nSPS) is 10.3. The monoisotopic (exact) mass is 369 g/mol. The minimum Gasteiger partial charge on any atom is -0.478 e. The second kappa shape index (κ2) is 8.24. The summed E-state index contributed by atoms with van der Waals surface area (Å²) >= 11 is 13.3. The van der Waals surface area contributed by atoms with Gasteiger partial charge in [-0.25, -0.2) is 4.79 Å². The number of carbonyl (C=O) groups excluding carboxylic acids is 1. The van der Waals surface area contributed by atoms with Gasteiger partial charge >= 0.3 is 5.97 Å². The van der Waals surface area contributed by atoms with Gasteiger partial charge in [0.2, 0.25) is 5.91 Å². The summed E-state index contributed by atoms with van der Waals surface area (Å²) < 4.78 is 0. The Morgan fingerprint density at radius 2 is 1.78 bits per heavy atom. The number of anilines is 1. The molecular weight excluding hydrogens is 357 g/mol. The summed E-state index contributed by atoms with van der Waals surface area (Å²) in [5.41, 5.74) is 0.369. The Kier molecular flexibility index (Phi) is 6.33. The Morgan fingerprint density at radius 1 is 1.09 bits per heavy atom. The SMILES string of the molecule is O=C(CCSc1ccc(Cl)cc1)Nc1cc(C(=O)O)ccc1Cl. The summed E-state index contributed by atoms with van der Waals surface area (Å²) in [6, 6.07) is 11.5. The number of halogens is 2. The van der Waals surface area contributed by atoms with Crippen LogP contribution in [-0.2, 0) is 4.79 Å². The van der Waals surface area contributed by atoms with E-state index in [9.17, 15) is 9.59 Å². The maximum atomic E-state index is 11.9. The van der Waals surface area contributed by atoms with Crippen LogP contribution in [-0.4, -0.2) is 22.7 Å². The fourth-order valence-corrected chi connectivity index (χ4v) is 2.90. The van der Waals surface area contributed by atoms with Gasteiger partial charge in [-0.3, -0.25) is 4.79 Å². The molecule has 1 amide bonds. The highest BCUT2D eigenvalue weighted by atomic mass is 35.5. The number of benzene rings is 2. The van der Waals surface area contributed by atoms with Crippen LogP contribution in [0, 0.1) is 0 Å². The maximum absolute atomic E-state index is 11.9. The second-order valence-electron chi connectivity index (χ2n) is 4.60. The summed E-state index contributed by atoms with van der Waals surface area (Å²) in [7, 11) is 0. The van der Waals surface area contributed by atoms with E-state index in [1.54, 1.807) is 12.1 Å². The standard InChI is InChI=1S/C16H13Cl2NO3S/c17-11-2-4-12(5-3-11)23-8-7-15(20)19-14-9-10(16(21)22)1-6-13(14)18/h1-6,9H,7-8H2,(H,19,20)(H,21,22). The lowest BCUT2D eigenvalue weighted by Crippen LogP contribution is -2.13. The van der Waals surface area contributed by atoms with Crippen LogP contribution in [0.5, 0.6) is 0 Å². The first-order valence-corrected chi connectivity index (χ1v) is 8.41. The minimum atomic E-state index is -1.07. The first-order valence-electron chi connectivity index (χ1n) is 6.67. The molecule has 2 aromatic carbocycles. The summed E-state index contributed by atoms with van der Waals surface area (Å²) in [5.74, 6) is -0.713. The van der Waals surface area contributed by atoms with Crippen LogP contribution in [0.15, 0.2) is 47.4 Å². The van der Waals surface area contributed by atoms with Gasteiger partial charge in [0.25, 0.3) is 0 Å². The number of rotatable bonds is 6. The van der Waals surface area contributed by atoms with E-state index in [4.69, 9.17) is 28.3 Å². The molecule has 0 atom stereocenters. The third-order valence-electron chi connectivity index (χ3n) is 2.90. The largest absolute Gasteiger partial charge is 0.478 e. The molecular formula is C16H13Cl2NO3S. The maximum Gasteiger partial charge on any atom is 0.335 e. The molecule has 0 fully saturated rings. The predicted octanol–water partition coefficient (Wildman–Crippen LogP) is 4.81. The number of thioether (sulfide) groups is 1. The lowest BCUT2D eigenvalue weighted by Gasteiger charge is -2.08. The van der Waals surface area contributed by atoms with Crippen LogP contribution in [0.1, 0.15) is 16.8 Å². The van der Waals surface area contributed by atoms with Crippen LogP contribution in [0.25, 0.3) is 0 Å². The Morgan fingerprint density at radius 3 is 2.43 bits per heavy atom. The molecule has 2 rings (SSSR count). The Bertz CT molecular complexity index is 720. The summed E-state index contributed by atoms with van der Waals surface area (Å²) in [4.78, 5) is 23.9. The van der Waals surface area contributed by atoms with Gasteiger partial charge in [0, 0.05) is 22.1 Å². The van der Waals surface area contributed by atoms with Crippen LogP contribution in [0.4, 0.5) is 5.69 Å². The van der Waals surface area contributed by atoms with Crippen molar-refractivity contribution in [2.75, 3.05) is 11.1 Å². The van der Waals surface area contributed by atoms with Crippen LogP contribution in [0.3, 0.4) is 0 Å². The van der Waals surface area contributed by atoms with Gasteiger partial charge < -0.3 is 10.4 Å². The fraction of sp³-hybridized carbons (Fsp3) is 0.125. The first kappa shape index (κ1) is 17.7. The van der Waals surface area contributed by atoms with E-state index in [-0.39, 0.29) is 17.9 Å². The molecule has 0 radical (unpaired) electrons. The van der Waals surface area contributed by atoms with Crippen molar-refractivity contribution in [3.63, 3.8) is 0 Å². The van der Waals surface area contributed by atoms with Crippen molar-refractivity contribution in [3.8, 4) is 0 Å². The van der Waals surface area contributed by atoms with E-state index >= 15 is 0 Å². The second-order valence-corrected chi connectivity index (χ2v) is 6.61. The molecule has 0 unspecified atom stereocenters. The van der Waals surface area contributed by atoms with Gasteiger partial charge in [0.05, 0.1) is 16.3 Å². The summed E-state index contributed by atoms with van der Waals surface area (Å²) in [6.45, 7) is 0. The molecule has 0 heterocycles. The molecule has 0 aliphatic carbocycles. The Labute approximate surface area is 147 Å². The lowest BCUT2D eigenvalue weighted by molar-refractivity contribution is -0.115. The van der Waals surface area contributed by atoms with Crippen molar-refractivity contribution in [1.82, 2.24) is 0 Å². The van der Waals surface area contributed by atoms with Gasteiger partial charge in [0.15, 0.2) is 0 Å². The number of hydrogen-bond donors (Lipinski definition) is 2. The van der Waals surface area contributed by atoms with Crippen molar-refractivity contribution < 1.29 is 14.7 Å². The molecule has 0 saturated heterocycles. The predicted molar refractivity (Wildman–Crippen MR) is 93.8 cm³/mol. The van der Waals surface area contributed by atoms with Gasteiger partial charge in [0.1, 0.15) is 0 Å². The molecule has 7 heteroatoms. The van der Waals surface area contributed by atoms with Crippen molar-refractivity contribution in [3.05, 3.63) is 58.1 Å². The van der Waals surface area contributed by atoms with Crippen molar-refractivity contribution in [2.45, 2.75) is 11.3 Å². The molecule has 0 aliphatic heterocycles. The molecule has 0 aliphatic rings. The lowest BCUT2D eigenvalue weighted by atomic mass is 10.2. The van der Waals surface area contributed by atoms with Crippen molar-refractivity contribution in [2.24, 2.45) is 0 Å². The molecule has 120 valence electrons. The molecule has 0 saturated carbocycles. The topological polar surface area (TPSA) is 66.4 Å². The number of carboxylic acid groups (broad SMARTS) is 1. The summed E-state index contributed by atoms with van der Waals surface area (Å²) in [6.07, 6.45) is 0.279. The molecule has 2 N–H and O–H groups in total. The highest BCUT2D eigenvalue weighted by Crippen LogP contribution is 2.24. The Hall–Kier alpha value is -1.69. The van der Waals surface area contributed by atoms with E-state index in [2.05, 4.69) is 5.32 Å². The quantitative estimate of drug-likeness (QED) is 0.716. The number of carbonyl (C=O) groups is 2. The van der Waals surface area contributed by atoms with Gasteiger partial charge in [-0.05, 0) is 42.5 Å². The fourth-order valence-electron chi connectivity index (χ4n) is 1.76. The minimum absolute atomic E-state index is 0.0697. The highest BCUT2D eigenvalue weighted by molar-refractivity contribution is 7.99. The molecule has 0 bridgehead atoms. The molecule has 23 heavy (non-hydrogen) atoms. The third kappa shape index (κ3) is 5.46. The van der Waals surface area contributed by atoms with E-state index in [0.717, 1.165) is 4.90 Å². The van der Waals surface area contributed by atoms with Crippen LogP contribution in [0.2, 0.25) is 10.0 Å². The number of hydrogen-bond acceptors (Lipinski definition) is 3. The number of aromatic carboxylic acids is 1. The smallest absolute Gasteiger partial charge is 0.335 e. The number of nitrogens with one attached hydrogen (secondary N) is 1. The van der Waals surface area contributed by atoms with Crippen LogP contribution >= 0.6 is 35.0 Å². The van der Waals surface area contributed by atoms with Crippen molar-refractivity contribution in [1.29, 1.82) is 0 Å². The third-order valence-corrected chi connectivity index (χ3v) is 4.49. The average Bonchev–Trinajstić information content (AvgIpc) is 2.51. The molecule has 0 spiro atoms. The molecule has 0 aromatic heterocycles. The van der Waals surface area contributed by atoms with E-state index in [1.807, 2.05) is 12.1 Å². The zero-order valence-corrected chi connectivity index (χ0v) is 14.2. The number of carboxylic acids is 1. The highest BCUT2D eigenvalue weighted by Gasteiger charge is 2.10. The van der Waals surface area contributed by atoms with Gasteiger partial charge in [-0.1, -0.05) is 23.2 Å².